The highest BCUT2D eigenvalue weighted by atomic mass is 32.2. The second-order valence-electron chi connectivity index (χ2n) is 10.4. The minimum Gasteiger partial charge on any atom is -0.444 e. The Hall–Kier alpha value is -3.97. The molecule has 1 aliphatic rings. The number of benzene rings is 1. The number of hydrogen-bond acceptors (Lipinski definition) is 8. The van der Waals surface area contributed by atoms with Crippen molar-refractivity contribution in [2.24, 2.45) is 0 Å². The Bertz CT molecular complexity index is 1530. The molecule has 0 saturated carbocycles. The molecule has 1 N–H and O–H groups in total. The number of hydrogen-bond donors (Lipinski definition) is 1. The molecule has 0 spiro atoms. The van der Waals surface area contributed by atoms with Crippen LogP contribution in [0.25, 0.3) is 5.65 Å². The number of aryl methyl sites for hydroxylation is 1. The number of ether oxygens (including phenoxy) is 1. The van der Waals surface area contributed by atoms with Crippen molar-refractivity contribution >= 4 is 39.5 Å². The molecule has 1 unspecified atom stereocenters. The molecule has 214 valence electrons. The zero-order valence-electron chi connectivity index (χ0n) is 23.1. The van der Waals surface area contributed by atoms with E-state index in [-0.39, 0.29) is 36.9 Å². The van der Waals surface area contributed by atoms with E-state index < -0.39 is 33.8 Å². The van der Waals surface area contributed by atoms with Gasteiger partial charge in [-0.15, -0.1) is 0 Å². The third-order valence-electron chi connectivity index (χ3n) is 6.26. The first-order chi connectivity index (χ1) is 18.8. The lowest BCUT2D eigenvalue weighted by molar-refractivity contribution is -0.126. The predicted molar refractivity (Wildman–Crippen MR) is 147 cm³/mol. The molecule has 12 nitrogen and oxygen atoms in total. The van der Waals surface area contributed by atoms with Crippen molar-refractivity contribution in [1.29, 1.82) is 0 Å². The van der Waals surface area contributed by atoms with E-state index in [0.717, 1.165) is 5.56 Å². The van der Waals surface area contributed by atoms with Crippen molar-refractivity contribution in [1.82, 2.24) is 19.6 Å². The number of imidazole rings is 1. The van der Waals surface area contributed by atoms with Gasteiger partial charge in [-0.3, -0.25) is 23.6 Å². The number of fused-ring (bicyclic) bond motifs is 1. The fraction of sp³-hybridized carbons (Fsp3) is 0.407. The number of anilines is 1. The largest absolute Gasteiger partial charge is 0.444 e. The molecule has 2 aromatic heterocycles. The molecule has 3 aromatic rings. The minimum absolute atomic E-state index is 0.000444. The van der Waals surface area contributed by atoms with Crippen LogP contribution in [0.15, 0.2) is 53.7 Å². The van der Waals surface area contributed by atoms with Crippen molar-refractivity contribution in [3.05, 3.63) is 59.9 Å². The molecule has 0 radical (unpaired) electrons. The number of piperazine rings is 1. The van der Waals surface area contributed by atoms with Crippen molar-refractivity contribution in [3.8, 4) is 0 Å². The average molecular weight is 572 g/mol. The minimum atomic E-state index is -4.07. The van der Waals surface area contributed by atoms with E-state index in [1.54, 1.807) is 61.8 Å². The lowest BCUT2D eigenvalue weighted by Crippen LogP contribution is -2.60. The van der Waals surface area contributed by atoms with Crippen LogP contribution in [0.4, 0.5) is 10.6 Å². The van der Waals surface area contributed by atoms with Gasteiger partial charge in [-0.25, -0.2) is 9.78 Å². The summed E-state index contributed by atoms with van der Waals surface area (Å²) in [5.41, 5.74) is 1.05. The quantitative estimate of drug-likeness (QED) is 0.427. The van der Waals surface area contributed by atoms with Gasteiger partial charge >= 0.3 is 6.09 Å². The van der Waals surface area contributed by atoms with Gasteiger partial charge < -0.3 is 14.5 Å². The van der Waals surface area contributed by atoms with E-state index in [4.69, 9.17) is 8.92 Å². The summed E-state index contributed by atoms with van der Waals surface area (Å²) < 4.78 is 37.8. The van der Waals surface area contributed by atoms with E-state index in [9.17, 15) is 22.8 Å². The van der Waals surface area contributed by atoms with Crippen LogP contribution < -0.4 is 10.2 Å². The number of nitrogens with zero attached hydrogens (tertiary/aromatic N) is 4. The maximum absolute atomic E-state index is 13.7. The first-order valence-electron chi connectivity index (χ1n) is 12.8. The smallest absolute Gasteiger partial charge is 0.411 e. The summed E-state index contributed by atoms with van der Waals surface area (Å²) in [7, 11) is -2.53. The zero-order chi connectivity index (χ0) is 29.2. The molecule has 1 aromatic carbocycles. The predicted octanol–water partition coefficient (Wildman–Crippen LogP) is 2.75. The Labute approximate surface area is 233 Å². The van der Waals surface area contributed by atoms with Crippen molar-refractivity contribution < 1.29 is 31.7 Å². The molecule has 0 aliphatic carbocycles. The molecule has 1 fully saturated rings. The fourth-order valence-corrected chi connectivity index (χ4v) is 5.18. The van der Waals surface area contributed by atoms with Gasteiger partial charge in [0.25, 0.3) is 21.9 Å². The third-order valence-corrected chi connectivity index (χ3v) is 7.59. The number of carbonyl (C=O) groups is 3. The highest BCUT2D eigenvalue weighted by Crippen LogP contribution is 2.25. The number of rotatable bonds is 7. The highest BCUT2D eigenvalue weighted by molar-refractivity contribution is 7.86. The van der Waals surface area contributed by atoms with Gasteiger partial charge in [0, 0.05) is 32.8 Å². The van der Waals surface area contributed by atoms with Crippen LogP contribution in [0.1, 0.15) is 43.1 Å². The van der Waals surface area contributed by atoms with E-state index in [2.05, 4.69) is 10.3 Å². The van der Waals surface area contributed by atoms with Crippen molar-refractivity contribution in [3.63, 3.8) is 0 Å². The Kier molecular flexibility index (Phi) is 8.17. The summed E-state index contributed by atoms with van der Waals surface area (Å²) in [6.45, 7) is 6.95. The third kappa shape index (κ3) is 6.42. The van der Waals surface area contributed by atoms with Crippen LogP contribution >= 0.6 is 0 Å². The summed E-state index contributed by atoms with van der Waals surface area (Å²) in [6, 6.07) is 8.46. The number of amides is 3. The van der Waals surface area contributed by atoms with Gasteiger partial charge in [-0.1, -0.05) is 17.7 Å². The highest BCUT2D eigenvalue weighted by Gasteiger charge is 2.40. The van der Waals surface area contributed by atoms with Gasteiger partial charge in [-0.05, 0) is 52.0 Å². The Morgan fingerprint density at radius 2 is 1.77 bits per heavy atom. The average Bonchev–Trinajstić information content (AvgIpc) is 3.31. The van der Waals surface area contributed by atoms with Crippen LogP contribution in [0.2, 0.25) is 0 Å². The molecule has 1 saturated heterocycles. The summed E-state index contributed by atoms with van der Waals surface area (Å²) in [6.07, 6.45) is 2.46. The van der Waals surface area contributed by atoms with Gasteiger partial charge in [0.2, 0.25) is 0 Å². The molecule has 13 heteroatoms. The van der Waals surface area contributed by atoms with Gasteiger partial charge in [0.05, 0.1) is 23.3 Å². The van der Waals surface area contributed by atoms with Gasteiger partial charge in [-0.2, -0.15) is 8.42 Å². The lowest BCUT2D eigenvalue weighted by Gasteiger charge is -2.40. The fourth-order valence-electron chi connectivity index (χ4n) is 4.26. The summed E-state index contributed by atoms with van der Waals surface area (Å²) >= 11 is 0. The van der Waals surface area contributed by atoms with E-state index in [1.165, 1.54) is 29.0 Å². The molecular formula is C27H33N5O7S. The second kappa shape index (κ2) is 11.3. The second-order valence-corrected chi connectivity index (χ2v) is 12.0. The Morgan fingerprint density at radius 3 is 2.42 bits per heavy atom. The first-order valence-corrected chi connectivity index (χ1v) is 14.2. The van der Waals surface area contributed by atoms with Crippen LogP contribution in [0.3, 0.4) is 0 Å². The van der Waals surface area contributed by atoms with Gasteiger partial charge in [0.15, 0.2) is 5.82 Å². The summed E-state index contributed by atoms with van der Waals surface area (Å²) in [5, 5.41) is 2.56. The Morgan fingerprint density at radius 1 is 1.07 bits per heavy atom. The molecule has 1 aliphatic heterocycles. The van der Waals surface area contributed by atoms with Crippen LogP contribution in [0, 0.1) is 6.92 Å². The molecule has 4 rings (SSSR count). The van der Waals surface area contributed by atoms with Gasteiger partial charge in [0.1, 0.15) is 17.3 Å². The van der Waals surface area contributed by atoms with E-state index in [1.807, 2.05) is 6.92 Å². The number of aromatic nitrogens is 2. The number of pyridine rings is 1. The first kappa shape index (κ1) is 29.0. The van der Waals surface area contributed by atoms with E-state index in [0.29, 0.717) is 17.0 Å². The summed E-state index contributed by atoms with van der Waals surface area (Å²) in [4.78, 5) is 46.0. The van der Waals surface area contributed by atoms with Crippen LogP contribution in [-0.2, 0) is 23.8 Å². The SMILES string of the molecule is CNC(=O)c1ccc2nc(N3CCN(C(=O)OC(C)(C)C)C(CCOS(=O)(=O)c4ccc(C)cc4)C3=O)cn2c1. The van der Waals surface area contributed by atoms with Crippen LogP contribution in [-0.4, -0.2) is 79.0 Å². The molecule has 0 bridgehead atoms. The lowest BCUT2D eigenvalue weighted by atomic mass is 10.1. The number of nitrogens with one attached hydrogen (secondary N) is 1. The molecule has 3 heterocycles. The maximum atomic E-state index is 13.7. The standard InChI is InChI=1S/C27H33N5O7S/c1-18-6-9-20(10-7-18)40(36,37)38-15-12-21-25(34)32(14-13-31(21)26(35)39-27(2,3)4)23-17-30-16-19(24(33)28-5)8-11-22(30)29-23/h6-11,16-17,21H,12-15H2,1-5H3,(H,28,33). The Balaban J connectivity index is 1.57. The molecule has 3 amide bonds. The monoisotopic (exact) mass is 571 g/mol. The number of carbonyl (C=O) groups excluding carboxylic acids is 3. The van der Waals surface area contributed by atoms with Crippen LogP contribution in [0.5, 0.6) is 0 Å². The summed E-state index contributed by atoms with van der Waals surface area (Å²) in [5.74, 6) is -0.385. The molecule has 1 atom stereocenters. The zero-order valence-corrected chi connectivity index (χ0v) is 23.9. The molecule has 40 heavy (non-hydrogen) atoms. The van der Waals surface area contributed by atoms with E-state index >= 15 is 0 Å². The molecular weight excluding hydrogens is 538 g/mol. The van der Waals surface area contributed by atoms with Crippen molar-refractivity contribution in [2.75, 3.05) is 31.6 Å². The topological polar surface area (TPSA) is 140 Å². The normalized spacial score (nSPS) is 16.3. The van der Waals surface area contributed by atoms with Crippen molar-refractivity contribution in [2.45, 2.75) is 50.7 Å². The maximum Gasteiger partial charge on any atom is 0.411 e.